The third-order valence-corrected chi connectivity index (χ3v) is 4.15. The molecule has 0 radical (unpaired) electrons. The maximum atomic E-state index is 12.9. The molecule has 4 nitrogen and oxygen atoms in total. The molecule has 0 amide bonds. The van der Waals surface area contributed by atoms with Crippen LogP contribution in [0.1, 0.15) is 11.5 Å². The maximum Gasteiger partial charge on any atom is 0.241 e. The molecule has 1 heterocycles. The van der Waals surface area contributed by atoms with Gasteiger partial charge >= 0.3 is 0 Å². The van der Waals surface area contributed by atoms with Gasteiger partial charge in [-0.3, -0.25) is 4.90 Å². The second-order valence-electron chi connectivity index (χ2n) is 5.28. The molecule has 23 heavy (non-hydrogen) atoms. The number of rotatable bonds is 5. The second-order valence-corrected chi connectivity index (χ2v) is 6.14. The zero-order valence-corrected chi connectivity index (χ0v) is 14.1. The fourth-order valence-electron chi connectivity index (χ4n) is 2.24. The summed E-state index contributed by atoms with van der Waals surface area (Å²) in [4.78, 5) is 6.45. The lowest BCUT2D eigenvalue weighted by atomic mass is 10.2. The molecule has 0 spiro atoms. The Balaban J connectivity index is 1.67. The Bertz CT molecular complexity index is 789. The summed E-state index contributed by atoms with van der Waals surface area (Å²) in [6.45, 7) is 1.30. The highest BCUT2D eigenvalue weighted by molar-refractivity contribution is 9.10. The van der Waals surface area contributed by atoms with Crippen LogP contribution in [0.4, 0.5) is 4.39 Å². The van der Waals surface area contributed by atoms with Gasteiger partial charge < -0.3 is 4.52 Å². The molecule has 118 valence electrons. The standard InChI is InChI=1S/C17H15BrFN3O/c1-22(10-13-4-2-3-5-15(13)18)11-16-20-17(21-23-16)12-6-8-14(19)9-7-12/h2-9H,10-11H2,1H3. The van der Waals surface area contributed by atoms with E-state index in [1.165, 1.54) is 17.7 Å². The largest absolute Gasteiger partial charge is 0.338 e. The van der Waals surface area contributed by atoms with Crippen LogP contribution >= 0.6 is 15.9 Å². The molecule has 0 bridgehead atoms. The molecule has 6 heteroatoms. The Morgan fingerprint density at radius 1 is 1.09 bits per heavy atom. The number of benzene rings is 2. The van der Waals surface area contributed by atoms with E-state index in [-0.39, 0.29) is 5.82 Å². The van der Waals surface area contributed by atoms with Crippen molar-refractivity contribution >= 4 is 15.9 Å². The molecule has 1 aromatic heterocycles. The SMILES string of the molecule is CN(Cc1nc(-c2ccc(F)cc2)no1)Cc1ccccc1Br. The van der Waals surface area contributed by atoms with Gasteiger partial charge in [0.1, 0.15) is 5.82 Å². The molecule has 3 rings (SSSR count). The normalized spacial score (nSPS) is 11.1. The van der Waals surface area contributed by atoms with Gasteiger partial charge in [-0.25, -0.2) is 4.39 Å². The Morgan fingerprint density at radius 3 is 2.57 bits per heavy atom. The van der Waals surface area contributed by atoms with Gasteiger partial charge in [0.25, 0.3) is 0 Å². The Kier molecular flexibility index (Phi) is 4.83. The van der Waals surface area contributed by atoms with Crippen molar-refractivity contribution in [2.75, 3.05) is 7.05 Å². The molecule has 0 unspecified atom stereocenters. The van der Waals surface area contributed by atoms with Crippen molar-refractivity contribution in [3.05, 3.63) is 70.3 Å². The van der Waals surface area contributed by atoms with Gasteiger partial charge in [0.2, 0.25) is 11.7 Å². The van der Waals surface area contributed by atoms with E-state index in [1.54, 1.807) is 12.1 Å². The molecule has 0 N–H and O–H groups in total. The van der Waals surface area contributed by atoms with Crippen LogP contribution in [-0.2, 0) is 13.1 Å². The van der Waals surface area contributed by atoms with E-state index in [1.807, 2.05) is 25.2 Å². The van der Waals surface area contributed by atoms with Crippen LogP contribution in [0.25, 0.3) is 11.4 Å². The summed E-state index contributed by atoms with van der Waals surface area (Å²) < 4.78 is 19.3. The molecule has 3 aromatic rings. The highest BCUT2D eigenvalue weighted by Crippen LogP contribution is 2.19. The Hall–Kier alpha value is -2.05. The van der Waals surface area contributed by atoms with Crippen molar-refractivity contribution in [2.24, 2.45) is 0 Å². The van der Waals surface area contributed by atoms with E-state index in [9.17, 15) is 4.39 Å². The average Bonchev–Trinajstić information content (AvgIpc) is 2.98. The van der Waals surface area contributed by atoms with Crippen molar-refractivity contribution in [1.29, 1.82) is 0 Å². The van der Waals surface area contributed by atoms with Gasteiger partial charge in [-0.15, -0.1) is 0 Å². The minimum atomic E-state index is -0.286. The van der Waals surface area contributed by atoms with E-state index >= 15 is 0 Å². The number of nitrogens with zero attached hydrogens (tertiary/aromatic N) is 3. The van der Waals surface area contributed by atoms with Crippen molar-refractivity contribution in [3.63, 3.8) is 0 Å². The highest BCUT2D eigenvalue weighted by atomic mass is 79.9. The number of hydrogen-bond donors (Lipinski definition) is 0. The third kappa shape index (κ3) is 4.03. The second kappa shape index (κ2) is 7.02. The first-order valence-electron chi connectivity index (χ1n) is 7.12. The fraction of sp³-hybridized carbons (Fsp3) is 0.176. The van der Waals surface area contributed by atoms with E-state index < -0.39 is 0 Å². The minimum Gasteiger partial charge on any atom is -0.338 e. The number of hydrogen-bond acceptors (Lipinski definition) is 4. The molecule has 0 atom stereocenters. The first kappa shape index (κ1) is 15.8. The topological polar surface area (TPSA) is 42.2 Å². The van der Waals surface area contributed by atoms with Gasteiger partial charge in [0, 0.05) is 16.6 Å². The lowest BCUT2D eigenvalue weighted by Gasteiger charge is -2.15. The van der Waals surface area contributed by atoms with E-state index in [0.717, 1.165) is 16.6 Å². The summed E-state index contributed by atoms with van der Waals surface area (Å²) in [5.41, 5.74) is 1.92. The lowest BCUT2D eigenvalue weighted by Crippen LogP contribution is -2.17. The monoisotopic (exact) mass is 375 g/mol. The smallest absolute Gasteiger partial charge is 0.241 e. The zero-order chi connectivity index (χ0) is 16.2. The van der Waals surface area contributed by atoms with Gasteiger partial charge in [0.05, 0.1) is 6.54 Å². The van der Waals surface area contributed by atoms with Crippen LogP contribution in [0.2, 0.25) is 0 Å². The molecular formula is C17H15BrFN3O. The fourth-order valence-corrected chi connectivity index (χ4v) is 2.65. The Morgan fingerprint density at radius 2 is 1.83 bits per heavy atom. The zero-order valence-electron chi connectivity index (χ0n) is 12.5. The van der Waals surface area contributed by atoms with Crippen molar-refractivity contribution < 1.29 is 8.91 Å². The van der Waals surface area contributed by atoms with Crippen LogP contribution in [-0.4, -0.2) is 22.1 Å². The lowest BCUT2D eigenvalue weighted by molar-refractivity contribution is 0.260. The van der Waals surface area contributed by atoms with Crippen LogP contribution in [0.5, 0.6) is 0 Å². The molecular weight excluding hydrogens is 361 g/mol. The summed E-state index contributed by atoms with van der Waals surface area (Å²) in [6, 6.07) is 14.1. The summed E-state index contributed by atoms with van der Waals surface area (Å²) >= 11 is 3.54. The highest BCUT2D eigenvalue weighted by Gasteiger charge is 2.12. The van der Waals surface area contributed by atoms with Gasteiger partial charge in [-0.05, 0) is 42.9 Å². The van der Waals surface area contributed by atoms with Gasteiger partial charge in [-0.1, -0.05) is 39.3 Å². The molecule has 0 aliphatic carbocycles. The quantitative estimate of drug-likeness (QED) is 0.667. The average molecular weight is 376 g/mol. The molecule has 0 fully saturated rings. The summed E-state index contributed by atoms with van der Waals surface area (Å²) in [7, 11) is 1.99. The molecule has 2 aromatic carbocycles. The van der Waals surface area contributed by atoms with Crippen LogP contribution in [0.3, 0.4) is 0 Å². The van der Waals surface area contributed by atoms with E-state index in [4.69, 9.17) is 4.52 Å². The van der Waals surface area contributed by atoms with Crippen molar-refractivity contribution in [3.8, 4) is 11.4 Å². The first-order chi connectivity index (χ1) is 11.1. The van der Waals surface area contributed by atoms with Gasteiger partial charge in [0.15, 0.2) is 0 Å². The first-order valence-corrected chi connectivity index (χ1v) is 7.91. The molecule has 0 saturated carbocycles. The maximum absolute atomic E-state index is 12.9. The summed E-state index contributed by atoms with van der Waals surface area (Å²) in [5.74, 6) is 0.707. The number of aromatic nitrogens is 2. The van der Waals surface area contributed by atoms with Crippen LogP contribution in [0.15, 0.2) is 57.5 Å². The van der Waals surface area contributed by atoms with E-state index in [0.29, 0.717) is 18.3 Å². The van der Waals surface area contributed by atoms with Crippen molar-refractivity contribution in [1.82, 2.24) is 15.0 Å². The molecule has 0 aliphatic rings. The van der Waals surface area contributed by atoms with Gasteiger partial charge in [-0.2, -0.15) is 4.98 Å². The van der Waals surface area contributed by atoms with Crippen LogP contribution in [0, 0.1) is 5.82 Å². The Labute approximate surface area is 142 Å². The summed E-state index contributed by atoms with van der Waals surface area (Å²) in [5, 5.41) is 3.95. The minimum absolute atomic E-state index is 0.286. The number of halogens is 2. The third-order valence-electron chi connectivity index (χ3n) is 3.37. The van der Waals surface area contributed by atoms with Crippen molar-refractivity contribution in [2.45, 2.75) is 13.1 Å². The summed E-state index contributed by atoms with van der Waals surface area (Å²) in [6.07, 6.45) is 0. The predicted octanol–water partition coefficient (Wildman–Crippen LogP) is 4.27. The molecule has 0 aliphatic heterocycles. The van der Waals surface area contributed by atoms with E-state index in [2.05, 4.69) is 37.0 Å². The van der Waals surface area contributed by atoms with Crippen LogP contribution < -0.4 is 0 Å². The molecule has 0 saturated heterocycles. The predicted molar refractivity (Wildman–Crippen MR) is 89.0 cm³/mol.